The van der Waals surface area contributed by atoms with Crippen molar-refractivity contribution in [1.29, 1.82) is 0 Å². The zero-order valence-electron chi connectivity index (χ0n) is 15.6. The maximum absolute atomic E-state index is 10.9. The quantitative estimate of drug-likeness (QED) is 0.767. The fraction of sp³-hybridized carbons (Fsp3) is 1.00. The second-order valence-corrected chi connectivity index (χ2v) is 8.78. The fourth-order valence-corrected chi connectivity index (χ4v) is 5.45. The maximum Gasteiger partial charge on any atom is 0.190 e. The highest BCUT2D eigenvalue weighted by Crippen LogP contribution is 2.46. The summed E-state index contributed by atoms with van der Waals surface area (Å²) in [5, 5.41) is 10.9. The minimum absolute atomic E-state index is 0.244. The average Bonchev–Trinajstić information content (AvgIpc) is 3.12. The van der Waals surface area contributed by atoms with Crippen molar-refractivity contribution in [3.8, 4) is 0 Å². The number of rotatable bonds is 1. The van der Waals surface area contributed by atoms with Crippen molar-refractivity contribution in [2.45, 2.75) is 119 Å². The molecule has 5 atom stereocenters. The third-order valence-electron chi connectivity index (χ3n) is 6.89. The first-order chi connectivity index (χ1) is 12.7. The Labute approximate surface area is 155 Å². The Balaban J connectivity index is 1.23. The first-order valence-corrected chi connectivity index (χ1v) is 10.7. The fourth-order valence-electron chi connectivity index (χ4n) is 5.45. The van der Waals surface area contributed by atoms with Crippen LogP contribution in [0.3, 0.4) is 0 Å². The van der Waals surface area contributed by atoms with Crippen LogP contribution in [0.25, 0.3) is 0 Å². The molecule has 3 heterocycles. The zero-order chi connectivity index (χ0) is 17.6. The number of ether oxygens (including phenoxy) is 5. The number of aliphatic hydroxyl groups is 1. The largest absolute Gasteiger partial charge is 0.387 e. The molecule has 0 amide bonds. The highest BCUT2D eigenvalue weighted by molar-refractivity contribution is 5.00. The molecule has 0 aromatic heterocycles. The molecule has 0 bridgehead atoms. The van der Waals surface area contributed by atoms with E-state index in [0.29, 0.717) is 6.61 Å². The van der Waals surface area contributed by atoms with Crippen LogP contribution in [0, 0.1) is 0 Å². The number of hydrogen-bond acceptors (Lipinski definition) is 6. The minimum Gasteiger partial charge on any atom is -0.387 e. The monoisotopic (exact) mass is 368 g/mol. The van der Waals surface area contributed by atoms with Gasteiger partial charge in [0.15, 0.2) is 17.9 Å². The molecule has 2 saturated carbocycles. The molecule has 2 aliphatic carbocycles. The van der Waals surface area contributed by atoms with E-state index in [1.54, 1.807) is 0 Å². The summed E-state index contributed by atoms with van der Waals surface area (Å²) in [6.45, 7) is 0.478. The van der Waals surface area contributed by atoms with E-state index in [4.69, 9.17) is 23.7 Å². The average molecular weight is 368 g/mol. The van der Waals surface area contributed by atoms with Gasteiger partial charge in [0.25, 0.3) is 0 Å². The Bertz CT molecular complexity index is 495. The van der Waals surface area contributed by atoms with Gasteiger partial charge in [-0.1, -0.05) is 25.7 Å². The molecule has 0 aromatic carbocycles. The lowest BCUT2D eigenvalue weighted by atomic mass is 10.1. The lowest BCUT2D eigenvalue weighted by Crippen LogP contribution is -2.44. The molecule has 148 valence electrons. The summed E-state index contributed by atoms with van der Waals surface area (Å²) >= 11 is 0. The SMILES string of the molecule is OC1C2OC3(CCCCCC3)O[C@H]2O[C@@H]1[C@H]1COC2(CCCCCC2)O1. The molecular formula is C20H32O6. The van der Waals surface area contributed by atoms with Crippen LogP contribution < -0.4 is 0 Å². The highest BCUT2D eigenvalue weighted by Gasteiger charge is 2.60. The van der Waals surface area contributed by atoms with Crippen molar-refractivity contribution in [3.05, 3.63) is 0 Å². The van der Waals surface area contributed by atoms with Crippen LogP contribution >= 0.6 is 0 Å². The molecule has 26 heavy (non-hydrogen) atoms. The van der Waals surface area contributed by atoms with Gasteiger partial charge in [0.05, 0.1) is 6.61 Å². The number of fused-ring (bicyclic) bond motifs is 1. The molecule has 3 saturated heterocycles. The van der Waals surface area contributed by atoms with Gasteiger partial charge >= 0.3 is 0 Å². The van der Waals surface area contributed by atoms with E-state index in [-0.39, 0.29) is 6.10 Å². The molecule has 0 aromatic rings. The van der Waals surface area contributed by atoms with Gasteiger partial charge in [0.1, 0.15) is 24.4 Å². The maximum atomic E-state index is 10.9. The molecule has 1 N–H and O–H groups in total. The molecular weight excluding hydrogens is 336 g/mol. The van der Waals surface area contributed by atoms with Crippen molar-refractivity contribution in [2.24, 2.45) is 0 Å². The predicted molar refractivity (Wildman–Crippen MR) is 92.3 cm³/mol. The summed E-state index contributed by atoms with van der Waals surface area (Å²) in [5.74, 6) is -1.01. The van der Waals surface area contributed by atoms with E-state index in [9.17, 15) is 5.11 Å². The van der Waals surface area contributed by atoms with Gasteiger partial charge in [-0.25, -0.2) is 0 Å². The van der Waals surface area contributed by atoms with Gasteiger partial charge in [-0.15, -0.1) is 0 Å². The van der Waals surface area contributed by atoms with E-state index in [1.807, 2.05) is 0 Å². The second-order valence-electron chi connectivity index (χ2n) is 8.78. The van der Waals surface area contributed by atoms with Crippen LogP contribution in [0.15, 0.2) is 0 Å². The standard InChI is InChI=1S/C20H32O6/c21-15-16(14-13-22-19(24-14)9-5-1-2-6-10-19)23-18-17(15)25-20(26-18)11-7-3-4-8-12-20/h14-18,21H,1-13H2/t14-,15?,16-,17?,18-/m1/s1. The van der Waals surface area contributed by atoms with Gasteiger partial charge < -0.3 is 28.8 Å². The van der Waals surface area contributed by atoms with E-state index >= 15 is 0 Å². The molecule has 2 spiro atoms. The number of hydrogen-bond donors (Lipinski definition) is 1. The summed E-state index contributed by atoms with van der Waals surface area (Å²) in [6, 6.07) is 0. The number of aliphatic hydroxyl groups excluding tert-OH is 1. The molecule has 6 heteroatoms. The van der Waals surface area contributed by atoms with Crippen molar-refractivity contribution in [3.63, 3.8) is 0 Å². The summed E-state index contributed by atoms with van der Waals surface area (Å²) in [7, 11) is 0. The van der Waals surface area contributed by atoms with Gasteiger partial charge in [-0.2, -0.15) is 0 Å². The molecule has 0 radical (unpaired) electrons. The summed E-state index contributed by atoms with van der Waals surface area (Å²) in [4.78, 5) is 0. The van der Waals surface area contributed by atoms with Crippen molar-refractivity contribution < 1.29 is 28.8 Å². The third kappa shape index (κ3) is 3.12. The first kappa shape index (κ1) is 17.8. The van der Waals surface area contributed by atoms with Gasteiger partial charge in [-0.3, -0.25) is 0 Å². The minimum atomic E-state index is -0.725. The lowest BCUT2D eigenvalue weighted by molar-refractivity contribution is -0.253. The Morgan fingerprint density at radius 1 is 0.654 bits per heavy atom. The Kier molecular flexibility index (Phi) is 4.78. The van der Waals surface area contributed by atoms with Gasteiger partial charge in [-0.05, 0) is 25.7 Å². The smallest absolute Gasteiger partial charge is 0.190 e. The van der Waals surface area contributed by atoms with E-state index in [2.05, 4.69) is 0 Å². The highest BCUT2D eigenvalue weighted by atomic mass is 16.8. The van der Waals surface area contributed by atoms with Crippen molar-refractivity contribution in [2.75, 3.05) is 6.61 Å². The van der Waals surface area contributed by atoms with Crippen LogP contribution in [-0.4, -0.2) is 54.0 Å². The van der Waals surface area contributed by atoms with Crippen LogP contribution in [0.1, 0.15) is 77.0 Å². The summed E-state index contributed by atoms with van der Waals surface area (Å²) in [6.07, 6.45) is 10.8. The van der Waals surface area contributed by atoms with Crippen LogP contribution in [0.2, 0.25) is 0 Å². The van der Waals surface area contributed by atoms with Gasteiger partial charge in [0, 0.05) is 25.7 Å². The topological polar surface area (TPSA) is 66.4 Å². The molecule has 6 nitrogen and oxygen atoms in total. The van der Waals surface area contributed by atoms with Crippen molar-refractivity contribution in [1.82, 2.24) is 0 Å². The summed E-state index contributed by atoms with van der Waals surface area (Å²) < 4.78 is 31.0. The molecule has 5 fully saturated rings. The molecule has 5 aliphatic rings. The predicted octanol–water partition coefficient (Wildman–Crippen LogP) is 3.00. The van der Waals surface area contributed by atoms with Crippen LogP contribution in [0.4, 0.5) is 0 Å². The van der Waals surface area contributed by atoms with E-state index in [1.165, 1.54) is 25.7 Å². The Morgan fingerprint density at radius 2 is 1.27 bits per heavy atom. The third-order valence-corrected chi connectivity index (χ3v) is 6.89. The summed E-state index contributed by atoms with van der Waals surface area (Å²) in [5.41, 5.74) is 0. The van der Waals surface area contributed by atoms with Gasteiger partial charge in [0.2, 0.25) is 0 Å². The normalized spacial score (nSPS) is 44.9. The molecule has 2 unspecified atom stereocenters. The molecule has 3 aliphatic heterocycles. The van der Waals surface area contributed by atoms with Crippen LogP contribution in [0.5, 0.6) is 0 Å². The first-order valence-electron chi connectivity index (χ1n) is 10.7. The Hall–Kier alpha value is -0.240. The zero-order valence-corrected chi connectivity index (χ0v) is 15.6. The van der Waals surface area contributed by atoms with E-state index < -0.39 is 36.2 Å². The Morgan fingerprint density at radius 3 is 1.88 bits per heavy atom. The molecule has 5 rings (SSSR count). The van der Waals surface area contributed by atoms with Crippen LogP contribution in [-0.2, 0) is 23.7 Å². The lowest BCUT2D eigenvalue weighted by Gasteiger charge is -2.31. The van der Waals surface area contributed by atoms with E-state index in [0.717, 1.165) is 51.4 Å². The van der Waals surface area contributed by atoms with Crippen molar-refractivity contribution >= 4 is 0 Å². The second kappa shape index (κ2) is 6.98.